The Hall–Kier alpha value is -2.62. The van der Waals surface area contributed by atoms with Crippen LogP contribution in [0.4, 0.5) is 0 Å². The van der Waals surface area contributed by atoms with Gasteiger partial charge in [-0.1, -0.05) is 16.8 Å². The molecule has 8 nitrogen and oxygen atoms in total. The fourth-order valence-corrected chi connectivity index (χ4v) is 5.19. The van der Waals surface area contributed by atoms with E-state index in [-0.39, 0.29) is 10.8 Å². The first-order valence-electron chi connectivity index (χ1n) is 9.74. The van der Waals surface area contributed by atoms with Crippen molar-refractivity contribution in [3.8, 4) is 22.9 Å². The highest BCUT2D eigenvalue weighted by molar-refractivity contribution is 7.89. The number of hydrogen-bond donors (Lipinski definition) is 0. The first kappa shape index (κ1) is 21.6. The average molecular weight is 464 g/mol. The zero-order valence-corrected chi connectivity index (χ0v) is 18.7. The lowest BCUT2D eigenvalue weighted by atomic mass is 9.98. The molecule has 1 saturated heterocycles. The number of benzene rings is 2. The number of hydrogen-bond acceptors (Lipinski definition) is 7. The number of halogens is 1. The minimum atomic E-state index is -3.56. The van der Waals surface area contributed by atoms with Crippen molar-refractivity contribution in [2.45, 2.75) is 23.7 Å². The lowest BCUT2D eigenvalue weighted by Crippen LogP contribution is -2.37. The molecule has 10 heteroatoms. The molecule has 0 aliphatic carbocycles. The smallest absolute Gasteiger partial charge is 0.243 e. The van der Waals surface area contributed by atoms with E-state index in [1.165, 1.54) is 16.4 Å². The van der Waals surface area contributed by atoms with Gasteiger partial charge in [-0.05, 0) is 49.2 Å². The van der Waals surface area contributed by atoms with Gasteiger partial charge >= 0.3 is 0 Å². The number of nitrogens with zero attached hydrogens (tertiary/aromatic N) is 3. The fraction of sp³-hybridized carbons (Fsp3) is 0.333. The molecule has 31 heavy (non-hydrogen) atoms. The molecule has 2 heterocycles. The summed E-state index contributed by atoms with van der Waals surface area (Å²) in [5, 5.41) is 4.60. The Kier molecular flexibility index (Phi) is 6.17. The van der Waals surface area contributed by atoms with E-state index in [2.05, 4.69) is 10.1 Å². The topological polar surface area (TPSA) is 94.8 Å². The Labute approximate surface area is 185 Å². The molecule has 1 aliphatic rings. The first-order chi connectivity index (χ1) is 14.9. The summed E-state index contributed by atoms with van der Waals surface area (Å²) in [7, 11) is -0.409. The summed E-state index contributed by atoms with van der Waals surface area (Å²) in [6.07, 6.45) is 1.18. The van der Waals surface area contributed by atoms with Crippen molar-refractivity contribution in [3.63, 3.8) is 0 Å². The zero-order valence-electron chi connectivity index (χ0n) is 17.1. The van der Waals surface area contributed by atoms with E-state index in [1.807, 2.05) is 6.07 Å². The highest BCUT2D eigenvalue weighted by atomic mass is 35.5. The first-order valence-corrected chi connectivity index (χ1v) is 11.6. The normalized spacial score (nSPS) is 15.7. The predicted molar refractivity (Wildman–Crippen MR) is 115 cm³/mol. The largest absolute Gasteiger partial charge is 0.497 e. The highest BCUT2D eigenvalue weighted by Crippen LogP contribution is 2.34. The minimum absolute atomic E-state index is 0.0119. The standard InChI is InChI=1S/C21H22ClN3O5S/c1-28-16-5-8-18(19(13-16)29-2)20-23-21(30-24-20)14-9-11-25(12-10-14)31(26,27)17-6-3-15(22)4-7-17/h3-8,13-14H,9-12H2,1-2H3. The van der Waals surface area contributed by atoms with Crippen molar-refractivity contribution in [3.05, 3.63) is 53.4 Å². The van der Waals surface area contributed by atoms with Crippen LogP contribution >= 0.6 is 11.6 Å². The fourth-order valence-electron chi connectivity index (χ4n) is 3.59. The summed E-state index contributed by atoms with van der Waals surface area (Å²) in [5.41, 5.74) is 0.695. The zero-order chi connectivity index (χ0) is 22.0. The molecule has 1 aromatic heterocycles. The average Bonchev–Trinajstić information content (AvgIpc) is 3.29. The maximum absolute atomic E-state index is 12.9. The van der Waals surface area contributed by atoms with Crippen LogP contribution in [0.5, 0.6) is 11.5 Å². The number of piperidine rings is 1. The van der Waals surface area contributed by atoms with Crippen molar-refractivity contribution >= 4 is 21.6 Å². The molecule has 1 aliphatic heterocycles. The second kappa shape index (κ2) is 8.86. The maximum Gasteiger partial charge on any atom is 0.243 e. The Morgan fingerprint density at radius 1 is 1.06 bits per heavy atom. The van der Waals surface area contributed by atoms with Crippen LogP contribution in [0, 0.1) is 0 Å². The van der Waals surface area contributed by atoms with Crippen LogP contribution in [0.25, 0.3) is 11.4 Å². The van der Waals surface area contributed by atoms with E-state index in [9.17, 15) is 8.42 Å². The highest BCUT2D eigenvalue weighted by Gasteiger charge is 2.32. The van der Waals surface area contributed by atoms with Crippen LogP contribution in [0.15, 0.2) is 51.9 Å². The number of aromatic nitrogens is 2. The van der Waals surface area contributed by atoms with E-state index in [4.69, 9.17) is 25.6 Å². The lowest BCUT2D eigenvalue weighted by Gasteiger charge is -2.29. The Morgan fingerprint density at radius 3 is 2.42 bits per heavy atom. The molecule has 3 aromatic rings. The van der Waals surface area contributed by atoms with Gasteiger partial charge in [0.15, 0.2) is 0 Å². The molecule has 1 fully saturated rings. The van der Waals surface area contributed by atoms with Gasteiger partial charge < -0.3 is 14.0 Å². The van der Waals surface area contributed by atoms with Crippen molar-refractivity contribution < 1.29 is 22.4 Å². The number of ether oxygens (including phenoxy) is 2. The van der Waals surface area contributed by atoms with Crippen molar-refractivity contribution in [1.82, 2.24) is 14.4 Å². The van der Waals surface area contributed by atoms with Gasteiger partial charge in [-0.25, -0.2) is 8.42 Å². The van der Waals surface area contributed by atoms with E-state index >= 15 is 0 Å². The number of rotatable bonds is 6. The molecule has 0 spiro atoms. The van der Waals surface area contributed by atoms with Gasteiger partial charge in [-0.2, -0.15) is 9.29 Å². The molecule has 0 saturated carbocycles. The molecule has 0 radical (unpaired) electrons. The molecule has 0 atom stereocenters. The van der Waals surface area contributed by atoms with E-state index in [1.54, 1.807) is 38.5 Å². The van der Waals surface area contributed by atoms with Crippen LogP contribution in [-0.2, 0) is 10.0 Å². The van der Waals surface area contributed by atoms with Gasteiger partial charge in [0.2, 0.25) is 21.7 Å². The molecule has 0 amide bonds. The van der Waals surface area contributed by atoms with Crippen LogP contribution in [0.1, 0.15) is 24.7 Å². The number of sulfonamides is 1. The summed E-state index contributed by atoms with van der Waals surface area (Å²) in [4.78, 5) is 4.78. The van der Waals surface area contributed by atoms with Crippen molar-refractivity contribution in [1.29, 1.82) is 0 Å². The third-order valence-electron chi connectivity index (χ3n) is 5.35. The number of methoxy groups -OCH3 is 2. The second-order valence-corrected chi connectivity index (χ2v) is 9.53. The van der Waals surface area contributed by atoms with Crippen LogP contribution < -0.4 is 9.47 Å². The summed E-state index contributed by atoms with van der Waals surface area (Å²) >= 11 is 5.87. The second-order valence-electron chi connectivity index (χ2n) is 7.15. The Morgan fingerprint density at radius 2 is 1.77 bits per heavy atom. The van der Waals surface area contributed by atoms with E-state index < -0.39 is 10.0 Å². The van der Waals surface area contributed by atoms with Gasteiger partial charge in [0.1, 0.15) is 11.5 Å². The van der Waals surface area contributed by atoms with E-state index in [0.29, 0.717) is 59.7 Å². The van der Waals surface area contributed by atoms with Gasteiger partial charge in [0.05, 0.1) is 24.7 Å². The van der Waals surface area contributed by atoms with Gasteiger partial charge in [0.25, 0.3) is 0 Å². The Balaban J connectivity index is 1.47. The molecule has 2 aromatic carbocycles. The quantitative estimate of drug-likeness (QED) is 0.545. The third-order valence-corrected chi connectivity index (χ3v) is 7.51. The van der Waals surface area contributed by atoms with Crippen LogP contribution in [0.2, 0.25) is 5.02 Å². The van der Waals surface area contributed by atoms with Gasteiger partial charge in [-0.3, -0.25) is 0 Å². The third kappa shape index (κ3) is 4.39. The minimum Gasteiger partial charge on any atom is -0.497 e. The van der Waals surface area contributed by atoms with Crippen LogP contribution in [-0.4, -0.2) is 50.2 Å². The van der Waals surface area contributed by atoms with E-state index in [0.717, 1.165) is 0 Å². The summed E-state index contributed by atoms with van der Waals surface area (Å²) in [5.74, 6) is 2.15. The summed E-state index contributed by atoms with van der Waals surface area (Å²) < 4.78 is 43.3. The van der Waals surface area contributed by atoms with Crippen LogP contribution in [0.3, 0.4) is 0 Å². The molecule has 0 bridgehead atoms. The molecule has 0 unspecified atom stereocenters. The van der Waals surface area contributed by atoms with Gasteiger partial charge in [0, 0.05) is 30.1 Å². The molecular weight excluding hydrogens is 442 g/mol. The predicted octanol–water partition coefficient (Wildman–Crippen LogP) is 3.98. The molecule has 0 N–H and O–H groups in total. The van der Waals surface area contributed by atoms with Crippen molar-refractivity contribution in [2.75, 3.05) is 27.3 Å². The molecule has 4 rings (SSSR count). The summed E-state index contributed by atoms with van der Waals surface area (Å²) in [6, 6.07) is 11.6. The monoisotopic (exact) mass is 463 g/mol. The van der Waals surface area contributed by atoms with Crippen molar-refractivity contribution in [2.24, 2.45) is 0 Å². The Bertz CT molecular complexity index is 1160. The molecular formula is C21H22ClN3O5S. The summed E-state index contributed by atoms with van der Waals surface area (Å²) in [6.45, 7) is 0.748. The SMILES string of the molecule is COc1ccc(-c2noc(C3CCN(S(=O)(=O)c4ccc(Cl)cc4)CC3)n2)c(OC)c1. The van der Waals surface area contributed by atoms with Gasteiger partial charge in [-0.15, -0.1) is 0 Å². The lowest BCUT2D eigenvalue weighted by molar-refractivity contribution is 0.270. The molecule has 164 valence electrons. The maximum atomic E-state index is 12.9.